The summed E-state index contributed by atoms with van der Waals surface area (Å²) in [5, 5.41) is 54.6. The number of carbonyl (C=O) groups is 2. The maximum Gasteiger partial charge on any atom is 0.305 e. The second-order valence-electron chi connectivity index (χ2n) is 30.2. The molecule has 97 heavy (non-hydrogen) atoms. The van der Waals surface area contributed by atoms with Crippen molar-refractivity contribution in [2.45, 2.75) is 493 Å². The third-order valence-corrected chi connectivity index (χ3v) is 20.8. The Kier molecular flexibility index (Phi) is 72.3. The number of allylic oxidation sites excluding steroid dienone is 3. The van der Waals surface area contributed by atoms with Crippen LogP contribution in [0.3, 0.4) is 0 Å². The Bertz CT molecular complexity index is 1660. The predicted molar refractivity (Wildman–Crippen MR) is 412 cm³/mol. The molecule has 1 saturated heterocycles. The normalized spacial score (nSPS) is 17.3. The highest BCUT2D eigenvalue weighted by Gasteiger charge is 2.44. The summed E-state index contributed by atoms with van der Waals surface area (Å²) in [5.41, 5.74) is 0. The van der Waals surface area contributed by atoms with Gasteiger partial charge in [-0.15, -0.1) is 0 Å². The van der Waals surface area contributed by atoms with Gasteiger partial charge in [-0.25, -0.2) is 0 Å². The summed E-state index contributed by atoms with van der Waals surface area (Å²) >= 11 is 0. The third-order valence-electron chi connectivity index (χ3n) is 20.8. The number of nitrogens with one attached hydrogen (secondary N) is 1. The minimum Gasteiger partial charge on any atom is -0.466 e. The lowest BCUT2D eigenvalue weighted by Crippen LogP contribution is -2.60. The zero-order chi connectivity index (χ0) is 70.1. The smallest absolute Gasteiger partial charge is 0.305 e. The van der Waals surface area contributed by atoms with Gasteiger partial charge in [-0.1, -0.05) is 417 Å². The molecule has 7 unspecified atom stereocenters. The molecule has 1 heterocycles. The van der Waals surface area contributed by atoms with Crippen molar-refractivity contribution in [3.05, 3.63) is 24.3 Å². The first-order valence-electron chi connectivity index (χ1n) is 43.1. The number of aliphatic hydroxyl groups excluding tert-OH is 5. The fourth-order valence-corrected chi connectivity index (χ4v) is 14.1. The molecule has 574 valence electrons. The lowest BCUT2D eigenvalue weighted by molar-refractivity contribution is -0.302. The summed E-state index contributed by atoms with van der Waals surface area (Å²) in [6.45, 7) is 4.40. The van der Waals surface area contributed by atoms with E-state index in [-0.39, 0.29) is 18.5 Å². The lowest BCUT2D eigenvalue weighted by Gasteiger charge is -2.40. The molecule has 0 aromatic heterocycles. The summed E-state index contributed by atoms with van der Waals surface area (Å²) < 4.78 is 16.8. The molecule has 6 N–H and O–H groups in total. The van der Waals surface area contributed by atoms with Crippen LogP contribution in [0.1, 0.15) is 450 Å². The van der Waals surface area contributed by atoms with Crippen LogP contribution in [0.4, 0.5) is 0 Å². The molecule has 0 bridgehead atoms. The molecular weight excluding hydrogens is 1210 g/mol. The fourth-order valence-electron chi connectivity index (χ4n) is 14.1. The molecule has 1 aliphatic heterocycles. The van der Waals surface area contributed by atoms with Crippen LogP contribution < -0.4 is 5.32 Å². The first-order chi connectivity index (χ1) is 47.7. The van der Waals surface area contributed by atoms with Crippen LogP contribution in [0.2, 0.25) is 0 Å². The molecule has 0 saturated carbocycles. The van der Waals surface area contributed by atoms with Gasteiger partial charge in [-0.3, -0.25) is 9.59 Å². The standard InChI is InChI=1S/C86H165NO10/c1-3-5-7-9-11-13-15-17-19-46-50-54-58-62-66-70-74-82(91)95-75-71-67-63-59-55-51-47-44-42-40-38-36-34-32-30-28-26-24-22-20-21-23-25-27-29-31-33-35-37-39-41-43-45-49-53-57-61-65-69-73-81(90)87-78(77-96-86-85(94)84(93)83(92)80(76-88)97-86)79(89)72-68-64-60-56-52-48-18-16-14-12-10-8-6-4-2/h52,56,68,72,78-80,83-86,88-89,92-94H,3-51,53-55,57-67,69-71,73-77H2,1-2H3,(H,87,90)/b56-52+,72-68+. The summed E-state index contributed by atoms with van der Waals surface area (Å²) in [4.78, 5) is 25.2. The second-order valence-corrected chi connectivity index (χ2v) is 30.2. The van der Waals surface area contributed by atoms with E-state index >= 15 is 0 Å². The molecule has 11 heteroatoms. The van der Waals surface area contributed by atoms with Crippen molar-refractivity contribution in [2.75, 3.05) is 19.8 Å². The minimum absolute atomic E-state index is 0.0228. The van der Waals surface area contributed by atoms with Gasteiger partial charge in [-0.2, -0.15) is 0 Å². The number of hydrogen-bond acceptors (Lipinski definition) is 10. The molecule has 0 aromatic carbocycles. The van der Waals surface area contributed by atoms with Gasteiger partial charge in [0.15, 0.2) is 6.29 Å². The van der Waals surface area contributed by atoms with E-state index in [2.05, 4.69) is 31.3 Å². The van der Waals surface area contributed by atoms with E-state index < -0.39 is 49.5 Å². The van der Waals surface area contributed by atoms with Crippen molar-refractivity contribution in [2.24, 2.45) is 0 Å². The number of esters is 1. The van der Waals surface area contributed by atoms with E-state index in [9.17, 15) is 35.1 Å². The zero-order valence-electron chi connectivity index (χ0n) is 64.3. The monoisotopic (exact) mass is 1370 g/mol. The first kappa shape index (κ1) is 93.2. The summed E-state index contributed by atoms with van der Waals surface area (Å²) in [5.74, 6) is -0.160. The maximum absolute atomic E-state index is 13.1. The van der Waals surface area contributed by atoms with E-state index in [0.29, 0.717) is 19.4 Å². The Hall–Kier alpha value is -1.86. The largest absolute Gasteiger partial charge is 0.466 e. The number of ether oxygens (including phenoxy) is 3. The van der Waals surface area contributed by atoms with Crippen LogP contribution in [-0.2, 0) is 23.8 Å². The Morgan fingerprint density at radius 3 is 1.02 bits per heavy atom. The van der Waals surface area contributed by atoms with Gasteiger partial charge in [0.1, 0.15) is 24.4 Å². The van der Waals surface area contributed by atoms with Crippen molar-refractivity contribution in [3.8, 4) is 0 Å². The maximum atomic E-state index is 13.1. The Labute approximate surface area is 601 Å². The molecule has 1 rings (SSSR count). The zero-order valence-corrected chi connectivity index (χ0v) is 64.3. The molecule has 1 amide bonds. The molecule has 7 atom stereocenters. The van der Waals surface area contributed by atoms with Gasteiger partial charge in [0.25, 0.3) is 0 Å². The lowest BCUT2D eigenvalue weighted by atomic mass is 9.99. The quantitative estimate of drug-likeness (QED) is 0.0195. The van der Waals surface area contributed by atoms with Gasteiger partial charge < -0.3 is 45.1 Å². The minimum atomic E-state index is -1.57. The molecule has 0 radical (unpaired) electrons. The molecule has 0 aliphatic carbocycles. The van der Waals surface area contributed by atoms with E-state index in [1.165, 1.54) is 372 Å². The van der Waals surface area contributed by atoms with Gasteiger partial charge in [0.05, 0.1) is 32.0 Å². The van der Waals surface area contributed by atoms with E-state index in [1.54, 1.807) is 6.08 Å². The van der Waals surface area contributed by atoms with Gasteiger partial charge in [0, 0.05) is 12.8 Å². The topological polar surface area (TPSA) is 175 Å². The molecule has 1 aliphatic rings. The third kappa shape index (κ3) is 63.6. The van der Waals surface area contributed by atoms with Gasteiger partial charge in [-0.05, 0) is 44.9 Å². The number of hydrogen-bond donors (Lipinski definition) is 6. The Morgan fingerprint density at radius 1 is 0.371 bits per heavy atom. The van der Waals surface area contributed by atoms with Crippen molar-refractivity contribution in [3.63, 3.8) is 0 Å². The average Bonchev–Trinajstić information content (AvgIpc) is 0.843. The Morgan fingerprint density at radius 2 is 0.670 bits per heavy atom. The number of unbranched alkanes of at least 4 members (excludes halogenated alkanes) is 62. The van der Waals surface area contributed by atoms with Crippen LogP contribution in [0.25, 0.3) is 0 Å². The van der Waals surface area contributed by atoms with E-state index in [1.807, 2.05) is 6.08 Å². The fraction of sp³-hybridized carbons (Fsp3) is 0.930. The van der Waals surface area contributed by atoms with Gasteiger partial charge >= 0.3 is 5.97 Å². The summed E-state index contributed by atoms with van der Waals surface area (Å²) in [6.07, 6.45) is 88.1. The van der Waals surface area contributed by atoms with Crippen molar-refractivity contribution in [1.82, 2.24) is 5.32 Å². The van der Waals surface area contributed by atoms with E-state index in [0.717, 1.165) is 51.4 Å². The molecule has 11 nitrogen and oxygen atoms in total. The highest BCUT2D eigenvalue weighted by molar-refractivity contribution is 5.76. The van der Waals surface area contributed by atoms with E-state index in [4.69, 9.17) is 14.2 Å². The molecular formula is C86H165NO10. The number of amides is 1. The number of aliphatic hydroxyl groups is 5. The average molecular weight is 1370 g/mol. The molecule has 0 spiro atoms. The van der Waals surface area contributed by atoms with Crippen LogP contribution in [0.5, 0.6) is 0 Å². The van der Waals surface area contributed by atoms with Crippen LogP contribution in [-0.4, -0.2) is 100 Å². The van der Waals surface area contributed by atoms with Crippen molar-refractivity contribution >= 4 is 11.9 Å². The predicted octanol–water partition coefficient (Wildman–Crippen LogP) is 23.9. The van der Waals surface area contributed by atoms with Crippen LogP contribution in [0, 0.1) is 0 Å². The Balaban J connectivity index is 1.86. The number of carbonyl (C=O) groups excluding carboxylic acids is 2. The van der Waals surface area contributed by atoms with Crippen LogP contribution >= 0.6 is 0 Å². The highest BCUT2D eigenvalue weighted by Crippen LogP contribution is 2.24. The van der Waals surface area contributed by atoms with Crippen LogP contribution in [0.15, 0.2) is 24.3 Å². The van der Waals surface area contributed by atoms with Crippen molar-refractivity contribution < 1.29 is 49.3 Å². The summed E-state index contributed by atoms with van der Waals surface area (Å²) in [7, 11) is 0. The van der Waals surface area contributed by atoms with Crippen molar-refractivity contribution in [1.29, 1.82) is 0 Å². The number of rotatable bonds is 78. The summed E-state index contributed by atoms with van der Waals surface area (Å²) in [6, 6.07) is -0.823. The first-order valence-corrected chi connectivity index (χ1v) is 43.1. The highest BCUT2D eigenvalue weighted by atomic mass is 16.7. The molecule has 0 aromatic rings. The second kappa shape index (κ2) is 75.3. The molecule has 1 fully saturated rings. The SMILES string of the molecule is CCCCCCCCCC/C=C/CC/C=C/C(O)C(COC1OC(CO)C(O)C(O)C1O)NC(=O)CCCCCCCCCCCCCCCCCCCCCCCCCCCCCCCCCCCCCCCCCOC(=O)CCCCCCCCCCCCCCCCCC. The van der Waals surface area contributed by atoms with Gasteiger partial charge in [0.2, 0.25) is 5.91 Å².